The summed E-state index contributed by atoms with van der Waals surface area (Å²) in [7, 11) is 0. The van der Waals surface area contributed by atoms with Crippen LogP contribution in [0.15, 0.2) is 47.3 Å². The minimum atomic E-state index is -1.55. The van der Waals surface area contributed by atoms with Gasteiger partial charge in [0.15, 0.2) is 0 Å². The van der Waals surface area contributed by atoms with E-state index >= 15 is 0 Å². The van der Waals surface area contributed by atoms with Crippen LogP contribution in [0.2, 0.25) is 0 Å². The lowest BCUT2D eigenvalue weighted by Gasteiger charge is -2.39. The van der Waals surface area contributed by atoms with Crippen molar-refractivity contribution in [3.63, 3.8) is 0 Å². The number of fused-ring (bicyclic) bond motifs is 1. The fourth-order valence-corrected chi connectivity index (χ4v) is 3.78. The van der Waals surface area contributed by atoms with Crippen molar-refractivity contribution in [1.29, 1.82) is 0 Å². The SMILES string of the molecule is CCc1ccc(Cn2c(=O)[nH]c3cccc(OC4OC(CO)C(O)C(O)C4O)c32)cc1. The first kappa shape index (κ1) is 21.5. The number of imidazole rings is 1. The second kappa shape index (κ2) is 8.81. The summed E-state index contributed by atoms with van der Waals surface area (Å²) in [6.07, 6.45) is -6.09. The topological polar surface area (TPSA) is 137 Å². The Morgan fingerprint density at radius 2 is 1.74 bits per heavy atom. The molecule has 5 atom stereocenters. The molecule has 31 heavy (non-hydrogen) atoms. The summed E-state index contributed by atoms with van der Waals surface area (Å²) < 4.78 is 12.8. The molecule has 5 unspecified atom stereocenters. The Labute approximate surface area is 178 Å². The van der Waals surface area contributed by atoms with E-state index in [2.05, 4.69) is 11.9 Å². The first-order chi connectivity index (χ1) is 14.9. The van der Waals surface area contributed by atoms with Crippen LogP contribution in [0, 0.1) is 0 Å². The Morgan fingerprint density at radius 1 is 1.03 bits per heavy atom. The van der Waals surface area contributed by atoms with E-state index in [9.17, 15) is 25.2 Å². The Kier molecular flexibility index (Phi) is 6.12. The van der Waals surface area contributed by atoms with Gasteiger partial charge in [0, 0.05) is 0 Å². The van der Waals surface area contributed by atoms with Gasteiger partial charge in [-0.1, -0.05) is 37.3 Å². The van der Waals surface area contributed by atoms with Gasteiger partial charge in [0.25, 0.3) is 0 Å². The van der Waals surface area contributed by atoms with Gasteiger partial charge in [0.2, 0.25) is 6.29 Å². The molecule has 0 amide bonds. The number of benzene rings is 2. The molecule has 1 saturated heterocycles. The number of aliphatic hydroxyl groups excluding tert-OH is 4. The summed E-state index contributed by atoms with van der Waals surface area (Å²) in [4.78, 5) is 15.4. The number of aromatic nitrogens is 2. The number of hydrogen-bond acceptors (Lipinski definition) is 7. The lowest BCUT2D eigenvalue weighted by molar-refractivity contribution is -0.277. The highest BCUT2D eigenvalue weighted by Crippen LogP contribution is 2.29. The Hall–Kier alpha value is -2.69. The number of rotatable bonds is 6. The highest BCUT2D eigenvalue weighted by Gasteiger charge is 2.44. The van der Waals surface area contributed by atoms with Gasteiger partial charge in [-0.3, -0.25) is 4.57 Å². The van der Waals surface area contributed by atoms with Gasteiger partial charge in [-0.05, 0) is 29.7 Å². The van der Waals surface area contributed by atoms with Gasteiger partial charge in [-0.15, -0.1) is 0 Å². The number of aromatic amines is 1. The standard InChI is InChI=1S/C22H26N2O7/c1-2-12-6-8-13(9-7-12)10-24-17-14(23-22(24)29)4-3-5-15(17)30-21-20(28)19(27)18(26)16(11-25)31-21/h3-9,16,18-21,25-28H,2,10-11H2,1H3,(H,23,29). The maximum absolute atomic E-state index is 12.6. The highest BCUT2D eigenvalue weighted by atomic mass is 16.7. The molecule has 0 spiro atoms. The van der Waals surface area contributed by atoms with Gasteiger partial charge in [0.1, 0.15) is 35.7 Å². The zero-order valence-electron chi connectivity index (χ0n) is 17.0. The largest absolute Gasteiger partial charge is 0.460 e. The maximum atomic E-state index is 12.6. The molecule has 1 fully saturated rings. The average Bonchev–Trinajstić information content (AvgIpc) is 3.10. The van der Waals surface area contributed by atoms with E-state index in [0.29, 0.717) is 17.6 Å². The van der Waals surface area contributed by atoms with Gasteiger partial charge < -0.3 is 34.9 Å². The number of nitrogens with zero attached hydrogens (tertiary/aromatic N) is 1. The molecular formula is C22H26N2O7. The van der Waals surface area contributed by atoms with E-state index < -0.39 is 37.3 Å². The summed E-state index contributed by atoms with van der Waals surface area (Å²) in [6.45, 7) is 1.82. The van der Waals surface area contributed by atoms with Gasteiger partial charge >= 0.3 is 5.69 Å². The van der Waals surface area contributed by atoms with Crippen LogP contribution in [0.1, 0.15) is 18.1 Å². The zero-order valence-corrected chi connectivity index (χ0v) is 17.0. The third kappa shape index (κ3) is 4.10. The van der Waals surface area contributed by atoms with E-state index in [0.717, 1.165) is 12.0 Å². The van der Waals surface area contributed by atoms with Crippen LogP contribution in [0.5, 0.6) is 5.75 Å². The van der Waals surface area contributed by atoms with E-state index in [1.54, 1.807) is 18.2 Å². The van der Waals surface area contributed by atoms with Crippen molar-refractivity contribution in [2.75, 3.05) is 6.61 Å². The van der Waals surface area contributed by atoms with Crippen molar-refractivity contribution in [2.45, 2.75) is 50.6 Å². The molecule has 0 aliphatic carbocycles. The summed E-state index contributed by atoms with van der Waals surface area (Å²) in [6, 6.07) is 13.0. The molecular weight excluding hydrogens is 404 g/mol. The quantitative estimate of drug-likeness (QED) is 0.375. The van der Waals surface area contributed by atoms with E-state index in [-0.39, 0.29) is 11.4 Å². The minimum Gasteiger partial charge on any atom is -0.460 e. The van der Waals surface area contributed by atoms with E-state index in [1.807, 2.05) is 24.3 Å². The molecule has 2 aromatic carbocycles. The number of nitrogens with one attached hydrogen (secondary N) is 1. The lowest BCUT2D eigenvalue weighted by Crippen LogP contribution is -2.60. The fraction of sp³-hybridized carbons (Fsp3) is 0.409. The molecule has 1 aliphatic heterocycles. The average molecular weight is 430 g/mol. The number of para-hydroxylation sites is 1. The highest BCUT2D eigenvalue weighted by molar-refractivity contribution is 5.82. The molecule has 3 aromatic rings. The molecule has 4 rings (SSSR count). The van der Waals surface area contributed by atoms with Crippen molar-refractivity contribution in [3.05, 3.63) is 64.1 Å². The van der Waals surface area contributed by atoms with Gasteiger partial charge in [-0.25, -0.2) is 4.79 Å². The normalized spacial score (nSPS) is 26.3. The molecule has 9 heteroatoms. The molecule has 166 valence electrons. The maximum Gasteiger partial charge on any atom is 0.326 e. The van der Waals surface area contributed by atoms with E-state index in [4.69, 9.17) is 9.47 Å². The van der Waals surface area contributed by atoms with Crippen molar-refractivity contribution in [3.8, 4) is 5.75 Å². The summed E-state index contributed by atoms with van der Waals surface area (Å²) in [5.41, 5.74) is 2.82. The Balaban J connectivity index is 1.68. The molecule has 9 nitrogen and oxygen atoms in total. The van der Waals surface area contributed by atoms with Crippen LogP contribution in [0.25, 0.3) is 11.0 Å². The third-order valence-electron chi connectivity index (χ3n) is 5.62. The number of hydrogen-bond donors (Lipinski definition) is 5. The second-order valence-electron chi connectivity index (χ2n) is 7.65. The molecule has 5 N–H and O–H groups in total. The van der Waals surface area contributed by atoms with Crippen molar-refractivity contribution in [2.24, 2.45) is 0 Å². The minimum absolute atomic E-state index is 0.255. The van der Waals surface area contributed by atoms with Crippen LogP contribution in [0.4, 0.5) is 0 Å². The lowest BCUT2D eigenvalue weighted by atomic mass is 9.99. The fourth-order valence-electron chi connectivity index (χ4n) is 3.78. The third-order valence-corrected chi connectivity index (χ3v) is 5.62. The van der Waals surface area contributed by atoms with Crippen LogP contribution >= 0.6 is 0 Å². The summed E-state index contributed by atoms with van der Waals surface area (Å²) in [5.74, 6) is 0.255. The number of ether oxygens (including phenoxy) is 2. The number of aliphatic hydroxyl groups is 4. The predicted octanol–water partition coefficient (Wildman–Crippen LogP) is 0.119. The molecule has 0 bridgehead atoms. The first-order valence-corrected chi connectivity index (χ1v) is 10.2. The molecule has 0 saturated carbocycles. The summed E-state index contributed by atoms with van der Waals surface area (Å²) in [5, 5.41) is 39.7. The van der Waals surface area contributed by atoms with Crippen LogP contribution in [-0.4, -0.2) is 67.3 Å². The van der Waals surface area contributed by atoms with Crippen LogP contribution in [0.3, 0.4) is 0 Å². The van der Waals surface area contributed by atoms with Crippen molar-refractivity contribution >= 4 is 11.0 Å². The van der Waals surface area contributed by atoms with Crippen LogP contribution < -0.4 is 10.4 Å². The molecule has 1 aromatic heterocycles. The van der Waals surface area contributed by atoms with Crippen molar-refractivity contribution in [1.82, 2.24) is 9.55 Å². The smallest absolute Gasteiger partial charge is 0.326 e. The molecule has 1 aliphatic rings. The molecule has 2 heterocycles. The van der Waals surface area contributed by atoms with Gasteiger partial charge in [-0.2, -0.15) is 0 Å². The Bertz CT molecular complexity index is 1090. The monoisotopic (exact) mass is 430 g/mol. The summed E-state index contributed by atoms with van der Waals surface area (Å²) >= 11 is 0. The van der Waals surface area contributed by atoms with Crippen molar-refractivity contribution < 1.29 is 29.9 Å². The second-order valence-corrected chi connectivity index (χ2v) is 7.65. The van der Waals surface area contributed by atoms with Crippen LogP contribution in [-0.2, 0) is 17.7 Å². The number of aryl methyl sites for hydroxylation is 1. The van der Waals surface area contributed by atoms with Gasteiger partial charge in [0.05, 0.1) is 18.7 Å². The predicted molar refractivity (Wildman–Crippen MR) is 112 cm³/mol. The van der Waals surface area contributed by atoms with E-state index in [1.165, 1.54) is 10.1 Å². The Morgan fingerprint density at radius 3 is 2.42 bits per heavy atom. The zero-order chi connectivity index (χ0) is 22.1. The first-order valence-electron chi connectivity index (χ1n) is 10.2. The molecule has 0 radical (unpaired) electrons. The number of H-pyrrole nitrogens is 1.